The molecule has 1 unspecified atom stereocenters. The Kier molecular flexibility index (Phi) is 4.98. The van der Waals surface area contributed by atoms with E-state index in [4.69, 9.17) is 4.98 Å². The van der Waals surface area contributed by atoms with Gasteiger partial charge in [0.1, 0.15) is 5.56 Å². The van der Waals surface area contributed by atoms with Gasteiger partial charge in [-0.1, -0.05) is 18.7 Å². The van der Waals surface area contributed by atoms with Crippen LogP contribution in [0.3, 0.4) is 0 Å². The van der Waals surface area contributed by atoms with Crippen LogP contribution in [0.1, 0.15) is 55.0 Å². The first-order valence-electron chi connectivity index (χ1n) is 10.5. The number of aromatic carboxylic acids is 2. The Morgan fingerprint density at radius 2 is 1.82 bits per heavy atom. The topological polar surface area (TPSA) is 132 Å². The van der Waals surface area contributed by atoms with Crippen LogP contribution in [0.5, 0.6) is 0 Å². The van der Waals surface area contributed by atoms with Gasteiger partial charge in [0.15, 0.2) is 0 Å². The highest BCUT2D eigenvalue weighted by Gasteiger charge is 2.21. The van der Waals surface area contributed by atoms with E-state index in [1.54, 1.807) is 24.3 Å². The monoisotopic (exact) mass is 452 g/mol. The number of nitrogens with zero attached hydrogens (tertiary/aromatic N) is 2. The Morgan fingerprint density at radius 3 is 2.53 bits per heavy atom. The number of carbonyl (C=O) groups is 2. The van der Waals surface area contributed by atoms with Crippen molar-refractivity contribution in [2.75, 3.05) is 0 Å². The summed E-state index contributed by atoms with van der Waals surface area (Å²) in [5.41, 5.74) is 4.40. The van der Waals surface area contributed by atoms with Gasteiger partial charge in [-0.05, 0) is 42.5 Å². The molecule has 2 aliphatic rings. The highest BCUT2D eigenvalue weighted by molar-refractivity contribution is 6.10. The van der Waals surface area contributed by atoms with Crippen molar-refractivity contribution in [2.45, 2.75) is 12.3 Å². The van der Waals surface area contributed by atoms with E-state index in [2.05, 4.69) is 28.1 Å². The van der Waals surface area contributed by atoms with E-state index < -0.39 is 11.9 Å². The van der Waals surface area contributed by atoms with Crippen LogP contribution in [-0.2, 0) is 6.42 Å². The maximum atomic E-state index is 12.3. The molecule has 2 aliphatic heterocycles. The van der Waals surface area contributed by atoms with Crippen LogP contribution in [0.4, 0.5) is 0 Å². The number of nitrogens with one attached hydrogen (secondary N) is 2. The third-order valence-corrected chi connectivity index (χ3v) is 5.91. The Labute approximate surface area is 193 Å². The number of fused-ring (bicyclic) bond motifs is 8. The Bertz CT molecular complexity index is 1590. The maximum absolute atomic E-state index is 12.3. The first-order chi connectivity index (χ1) is 16.4. The Morgan fingerprint density at radius 1 is 1.00 bits per heavy atom. The average molecular weight is 452 g/mol. The minimum atomic E-state index is -1.27. The van der Waals surface area contributed by atoms with Crippen molar-refractivity contribution in [3.05, 3.63) is 89.0 Å². The van der Waals surface area contributed by atoms with E-state index in [1.165, 1.54) is 6.07 Å². The highest BCUT2D eigenvalue weighted by Crippen LogP contribution is 2.29. The van der Waals surface area contributed by atoms with Crippen LogP contribution in [0.15, 0.2) is 49.6 Å². The fourth-order valence-electron chi connectivity index (χ4n) is 4.32. The lowest BCUT2D eigenvalue weighted by Gasteiger charge is -2.00. The van der Waals surface area contributed by atoms with Crippen LogP contribution in [0, 0.1) is 0 Å². The SMILES string of the molecule is C=Cc1c2nc(cc3nc(cc4ccc([nH]4)c(C(=O)O)c4[nH]c1cc4C(=O)O)CC3C=C)C=C2. The number of hydrogen-bond acceptors (Lipinski definition) is 4. The van der Waals surface area contributed by atoms with Crippen LogP contribution < -0.4 is 0 Å². The van der Waals surface area contributed by atoms with Crippen molar-refractivity contribution in [3.8, 4) is 0 Å². The molecule has 4 N–H and O–H groups in total. The molecule has 0 amide bonds. The molecule has 5 heterocycles. The minimum Gasteiger partial charge on any atom is -0.478 e. The van der Waals surface area contributed by atoms with Gasteiger partial charge in [0.05, 0.1) is 33.7 Å². The van der Waals surface area contributed by atoms with Gasteiger partial charge in [-0.25, -0.2) is 14.6 Å². The summed E-state index contributed by atoms with van der Waals surface area (Å²) in [6.07, 6.45) is 7.70. The normalized spacial score (nSPS) is 14.6. The number of hydrogen-bond donors (Lipinski definition) is 4. The molecule has 3 aromatic heterocycles. The average Bonchev–Trinajstić information content (AvgIpc) is 3.57. The summed E-state index contributed by atoms with van der Waals surface area (Å²) in [5.74, 6) is -2.49. The summed E-state index contributed by atoms with van der Waals surface area (Å²) in [6, 6.07) is 8.50. The fraction of sp³-hybridized carbons (Fsp3) is 0.0769. The summed E-state index contributed by atoms with van der Waals surface area (Å²) in [6.45, 7) is 7.78. The number of rotatable bonds is 4. The minimum absolute atomic E-state index is 0.0197. The summed E-state index contributed by atoms with van der Waals surface area (Å²) >= 11 is 0. The second kappa shape index (κ2) is 8.00. The fourth-order valence-corrected chi connectivity index (χ4v) is 4.32. The van der Waals surface area contributed by atoms with Crippen molar-refractivity contribution in [2.24, 2.45) is 0 Å². The third-order valence-electron chi connectivity index (χ3n) is 5.91. The van der Waals surface area contributed by atoms with Gasteiger partial charge in [-0.15, -0.1) is 6.58 Å². The van der Waals surface area contributed by atoms with Crippen molar-refractivity contribution < 1.29 is 19.8 Å². The molecule has 34 heavy (non-hydrogen) atoms. The van der Waals surface area contributed by atoms with Crippen LogP contribution in [0.25, 0.3) is 40.3 Å². The van der Waals surface area contributed by atoms with E-state index in [1.807, 2.05) is 24.3 Å². The molecule has 8 bridgehead atoms. The second-order valence-corrected chi connectivity index (χ2v) is 8.02. The predicted octanol–water partition coefficient (Wildman–Crippen LogP) is 5.04. The van der Waals surface area contributed by atoms with Gasteiger partial charge in [0.2, 0.25) is 0 Å². The first kappa shape index (κ1) is 21.1. The van der Waals surface area contributed by atoms with E-state index in [-0.39, 0.29) is 28.1 Å². The van der Waals surface area contributed by atoms with E-state index in [0.29, 0.717) is 34.4 Å². The quantitative estimate of drug-likeness (QED) is 0.321. The third kappa shape index (κ3) is 3.51. The van der Waals surface area contributed by atoms with Crippen molar-refractivity contribution in [3.63, 3.8) is 0 Å². The lowest BCUT2D eigenvalue weighted by Crippen LogP contribution is -2.02. The number of carboxylic acid groups (broad SMARTS) is 2. The summed E-state index contributed by atoms with van der Waals surface area (Å²) in [7, 11) is 0. The van der Waals surface area contributed by atoms with E-state index in [9.17, 15) is 19.8 Å². The molecule has 0 saturated heterocycles. The zero-order valence-electron chi connectivity index (χ0n) is 18.0. The molecule has 168 valence electrons. The van der Waals surface area contributed by atoms with Gasteiger partial charge in [0, 0.05) is 34.6 Å². The number of aromatic nitrogens is 4. The molecule has 5 rings (SSSR count). The van der Waals surface area contributed by atoms with Crippen LogP contribution in [0.2, 0.25) is 0 Å². The zero-order valence-corrected chi connectivity index (χ0v) is 18.0. The van der Waals surface area contributed by atoms with Gasteiger partial charge in [0.25, 0.3) is 0 Å². The zero-order chi connectivity index (χ0) is 24.0. The standard InChI is InChI=1S/C26H20N4O4/c1-3-13-9-16-10-14-6-8-20(28-14)23(26(33)34)24-18(25(31)32)12-22(30-24)17(4-2)19-7-5-15(27-19)11-21(13)29-16/h3-8,10-13,28,30H,1-2,9H2,(H,31,32)(H,33,34). The Hall–Kier alpha value is -4.72. The highest BCUT2D eigenvalue weighted by atomic mass is 16.4. The molecule has 8 nitrogen and oxygen atoms in total. The molecular weight excluding hydrogens is 432 g/mol. The smallest absolute Gasteiger partial charge is 0.339 e. The Balaban J connectivity index is 1.99. The number of allylic oxidation sites excluding steroid dienone is 1. The van der Waals surface area contributed by atoms with Crippen molar-refractivity contribution >= 4 is 52.2 Å². The lowest BCUT2D eigenvalue weighted by molar-refractivity contribution is 0.0696. The van der Waals surface area contributed by atoms with Crippen molar-refractivity contribution in [1.82, 2.24) is 19.9 Å². The van der Waals surface area contributed by atoms with E-state index in [0.717, 1.165) is 11.4 Å². The summed E-state index contributed by atoms with van der Waals surface area (Å²) in [5, 5.41) is 19.8. The van der Waals surface area contributed by atoms with Gasteiger partial charge in [-0.3, -0.25) is 4.98 Å². The lowest BCUT2D eigenvalue weighted by atomic mass is 10.0. The van der Waals surface area contributed by atoms with E-state index >= 15 is 0 Å². The molecule has 1 atom stereocenters. The largest absolute Gasteiger partial charge is 0.478 e. The van der Waals surface area contributed by atoms with Crippen molar-refractivity contribution in [1.29, 1.82) is 0 Å². The first-order valence-corrected chi connectivity index (χ1v) is 10.5. The maximum Gasteiger partial charge on any atom is 0.339 e. The summed E-state index contributed by atoms with van der Waals surface area (Å²) < 4.78 is 0. The molecule has 3 aromatic rings. The van der Waals surface area contributed by atoms with Gasteiger partial charge >= 0.3 is 11.9 Å². The molecule has 0 fully saturated rings. The van der Waals surface area contributed by atoms with Gasteiger partial charge in [-0.2, -0.15) is 0 Å². The molecule has 0 saturated carbocycles. The molecule has 0 aliphatic carbocycles. The number of H-pyrrole nitrogens is 2. The molecule has 0 aromatic carbocycles. The van der Waals surface area contributed by atoms with Crippen LogP contribution in [-0.4, -0.2) is 42.1 Å². The molecular formula is C26H20N4O4. The summed E-state index contributed by atoms with van der Waals surface area (Å²) in [4.78, 5) is 39.8. The van der Waals surface area contributed by atoms with Crippen LogP contribution >= 0.6 is 0 Å². The molecule has 0 spiro atoms. The molecule has 8 heteroatoms. The predicted molar refractivity (Wildman–Crippen MR) is 131 cm³/mol. The molecule has 0 radical (unpaired) electrons. The second-order valence-electron chi connectivity index (χ2n) is 8.02. The number of aromatic amines is 2. The number of carboxylic acids is 2. The van der Waals surface area contributed by atoms with Gasteiger partial charge < -0.3 is 20.2 Å².